The molecular weight excluding hydrogens is 654 g/mol. The maximum absolute atomic E-state index is 14.7. The van der Waals surface area contributed by atoms with Crippen LogP contribution in [0.2, 0.25) is 5.02 Å². The molecule has 11 heteroatoms. The highest BCUT2D eigenvalue weighted by atomic mass is 35.5. The summed E-state index contributed by atoms with van der Waals surface area (Å²) in [6, 6.07) is 15.0. The van der Waals surface area contributed by atoms with E-state index in [4.69, 9.17) is 16.3 Å². The zero-order valence-corrected chi connectivity index (χ0v) is 29.0. The van der Waals surface area contributed by atoms with Gasteiger partial charge in [0.25, 0.3) is 0 Å². The lowest BCUT2D eigenvalue weighted by atomic mass is 10.0. The molecule has 1 unspecified atom stereocenters. The van der Waals surface area contributed by atoms with Crippen molar-refractivity contribution in [1.82, 2.24) is 15.2 Å². The average molecular weight is 699 g/mol. The smallest absolute Gasteiger partial charge is 0.412 e. The summed E-state index contributed by atoms with van der Waals surface area (Å²) in [5, 5.41) is 6.56. The Kier molecular flexibility index (Phi) is 13.4. The number of aromatic nitrogens is 1. The lowest BCUT2D eigenvalue weighted by Crippen LogP contribution is -2.39. The van der Waals surface area contributed by atoms with Crippen LogP contribution in [0.4, 0.5) is 19.3 Å². The summed E-state index contributed by atoms with van der Waals surface area (Å²) in [5.41, 5.74) is 2.71. The number of rotatable bonds is 16. The van der Waals surface area contributed by atoms with Crippen molar-refractivity contribution in [1.29, 1.82) is 0 Å². The van der Waals surface area contributed by atoms with Crippen molar-refractivity contribution in [2.75, 3.05) is 31.5 Å². The fraction of sp³-hybridized carbons (Fsp3) is 0.459. The van der Waals surface area contributed by atoms with Gasteiger partial charge in [0.15, 0.2) is 0 Å². The van der Waals surface area contributed by atoms with Crippen molar-refractivity contribution in [2.24, 2.45) is 0 Å². The monoisotopic (exact) mass is 698 g/mol. The number of hydrogen-bond donors (Lipinski definition) is 3. The van der Waals surface area contributed by atoms with E-state index in [1.54, 1.807) is 24.3 Å². The number of benzene rings is 3. The number of piperidine rings is 1. The number of unbranched alkanes of at least 4 members (excludes halogenated alkanes) is 6. The van der Waals surface area contributed by atoms with E-state index in [2.05, 4.69) is 33.5 Å². The third-order valence-corrected chi connectivity index (χ3v) is 10.1. The Hall–Kier alpha value is -3.31. The Bertz CT molecular complexity index is 1710. The normalized spacial score (nSPS) is 14.8. The van der Waals surface area contributed by atoms with Crippen molar-refractivity contribution in [2.45, 2.75) is 83.3 Å². The molecule has 1 aromatic heterocycles. The van der Waals surface area contributed by atoms with Gasteiger partial charge in [0, 0.05) is 35.8 Å². The van der Waals surface area contributed by atoms with Gasteiger partial charge < -0.3 is 19.9 Å². The minimum atomic E-state index is -0.876. The molecule has 1 fully saturated rings. The zero-order valence-electron chi connectivity index (χ0n) is 27.5. The fourth-order valence-corrected chi connectivity index (χ4v) is 7.45. The van der Waals surface area contributed by atoms with Crippen molar-refractivity contribution in [3.05, 3.63) is 86.5 Å². The van der Waals surface area contributed by atoms with Crippen LogP contribution in [0, 0.1) is 11.6 Å². The number of ether oxygens (including phenoxy) is 1. The van der Waals surface area contributed by atoms with Crippen LogP contribution in [0.3, 0.4) is 0 Å². The summed E-state index contributed by atoms with van der Waals surface area (Å²) in [6.45, 7) is 5.95. The number of aromatic amines is 1. The second kappa shape index (κ2) is 17.9. The number of halogens is 3. The van der Waals surface area contributed by atoms with E-state index < -0.39 is 17.7 Å². The molecule has 4 aromatic rings. The number of anilines is 1. The summed E-state index contributed by atoms with van der Waals surface area (Å²) >= 11 is 7.37. The van der Waals surface area contributed by atoms with Gasteiger partial charge in [-0.2, -0.15) is 0 Å². The highest BCUT2D eigenvalue weighted by Gasteiger charge is 2.24. The zero-order chi connectivity index (χ0) is 33.9. The molecule has 1 atom stereocenters. The van der Waals surface area contributed by atoms with E-state index in [1.807, 2.05) is 12.1 Å². The first-order valence-electron chi connectivity index (χ1n) is 17.0. The number of hydrogen-bond acceptors (Lipinski definition) is 6. The maximum Gasteiger partial charge on any atom is 0.412 e. The van der Waals surface area contributed by atoms with E-state index >= 15 is 0 Å². The van der Waals surface area contributed by atoms with Crippen LogP contribution in [0.5, 0.6) is 0 Å². The molecule has 48 heavy (non-hydrogen) atoms. The minimum absolute atomic E-state index is 0.00278. The fourth-order valence-electron chi connectivity index (χ4n) is 6.41. The number of likely N-dealkylation sites (tertiary alicyclic amines) is 1. The van der Waals surface area contributed by atoms with Crippen LogP contribution in [-0.2, 0) is 11.2 Å². The summed E-state index contributed by atoms with van der Waals surface area (Å²) in [7, 11) is 0. The quantitative estimate of drug-likeness (QED) is 0.102. The number of amides is 1. The summed E-state index contributed by atoms with van der Waals surface area (Å²) < 4.78 is 35.4. The minimum Gasteiger partial charge on any atom is -0.446 e. The van der Waals surface area contributed by atoms with Crippen LogP contribution >= 0.6 is 22.9 Å². The number of fused-ring (bicyclic) bond motifs is 1. The Labute approximate surface area is 290 Å². The predicted molar refractivity (Wildman–Crippen MR) is 192 cm³/mol. The van der Waals surface area contributed by atoms with Crippen LogP contribution in [0.25, 0.3) is 21.3 Å². The third kappa shape index (κ3) is 10.6. The predicted octanol–water partition coefficient (Wildman–Crippen LogP) is 9.15. The Morgan fingerprint density at radius 2 is 1.75 bits per heavy atom. The molecule has 2 heterocycles. The van der Waals surface area contributed by atoms with Crippen molar-refractivity contribution in [3.8, 4) is 11.1 Å². The molecule has 3 N–H and O–H groups in total. The van der Waals surface area contributed by atoms with Crippen LogP contribution in [0.1, 0.15) is 70.3 Å². The van der Waals surface area contributed by atoms with Crippen molar-refractivity contribution < 1.29 is 18.3 Å². The number of H-pyrrole nitrogens is 1. The average Bonchev–Trinajstić information content (AvgIpc) is 3.45. The topological polar surface area (TPSA) is 86.5 Å². The SMILES string of the molecule is CC(Cc1cccc2[nH]c(=O)sc12)NCCCCCCCCCN1CCC(OC(=O)Nc2c(F)cc(F)cc2-c2cccc(Cl)c2)CC1. The first-order chi connectivity index (χ1) is 23.2. The molecule has 0 aliphatic carbocycles. The standard InChI is InChI=1S/C37H45ClF2N4O3S/c1-25(21-27-12-10-14-33-35(27)48-37(46)42-33)41-17-7-5-3-2-4-6-8-18-44-19-15-30(16-20-44)47-36(45)43-34-31(23-29(39)24-32(34)40)26-11-9-13-28(38)22-26/h9-14,22-25,30,41H,2-8,15-21H2,1H3,(H,42,46)(H,43,45). The molecule has 258 valence electrons. The van der Waals surface area contributed by atoms with Gasteiger partial charge in [0.1, 0.15) is 17.7 Å². The van der Waals surface area contributed by atoms with Gasteiger partial charge in [-0.05, 0) is 87.5 Å². The van der Waals surface area contributed by atoms with E-state index in [0.29, 0.717) is 16.6 Å². The molecule has 1 aliphatic heterocycles. The Balaban J connectivity index is 0.902. The highest BCUT2D eigenvalue weighted by molar-refractivity contribution is 7.16. The number of carbonyl (C=O) groups excluding carboxylic acids is 1. The number of nitrogens with one attached hydrogen (secondary N) is 3. The summed E-state index contributed by atoms with van der Waals surface area (Å²) in [5.74, 6) is -1.62. The lowest BCUT2D eigenvalue weighted by molar-refractivity contribution is 0.0584. The molecule has 5 rings (SSSR count). The largest absolute Gasteiger partial charge is 0.446 e. The maximum atomic E-state index is 14.7. The molecule has 0 saturated carbocycles. The first-order valence-corrected chi connectivity index (χ1v) is 18.2. The Morgan fingerprint density at radius 3 is 2.52 bits per heavy atom. The molecule has 1 aliphatic rings. The second-order valence-electron chi connectivity index (χ2n) is 12.7. The van der Waals surface area contributed by atoms with Gasteiger partial charge in [-0.1, -0.05) is 79.3 Å². The van der Waals surface area contributed by atoms with E-state index in [1.165, 1.54) is 61.5 Å². The number of carbonyl (C=O) groups is 1. The van der Waals surface area contributed by atoms with Gasteiger partial charge in [-0.25, -0.2) is 13.6 Å². The molecule has 1 amide bonds. The highest BCUT2D eigenvalue weighted by Crippen LogP contribution is 2.33. The van der Waals surface area contributed by atoms with Crippen LogP contribution in [-0.4, -0.2) is 54.3 Å². The molecule has 0 radical (unpaired) electrons. The molecule has 0 spiro atoms. The van der Waals surface area contributed by atoms with Crippen LogP contribution in [0.15, 0.2) is 59.4 Å². The van der Waals surface area contributed by atoms with Gasteiger partial charge in [0.05, 0.1) is 15.9 Å². The molecule has 1 saturated heterocycles. The van der Waals surface area contributed by atoms with Gasteiger partial charge in [-0.15, -0.1) is 0 Å². The molecule has 0 bridgehead atoms. The Morgan fingerprint density at radius 1 is 1.02 bits per heavy atom. The van der Waals surface area contributed by atoms with Gasteiger partial charge in [0.2, 0.25) is 0 Å². The van der Waals surface area contributed by atoms with E-state index in [0.717, 1.165) is 68.1 Å². The third-order valence-electron chi connectivity index (χ3n) is 8.92. The first kappa shape index (κ1) is 36.0. The summed E-state index contributed by atoms with van der Waals surface area (Å²) in [6.07, 6.45) is 9.85. The number of thiazole rings is 1. The molecule has 3 aromatic carbocycles. The lowest BCUT2D eigenvalue weighted by Gasteiger charge is -2.31. The van der Waals surface area contributed by atoms with Crippen LogP contribution < -0.4 is 15.5 Å². The van der Waals surface area contributed by atoms with Gasteiger partial charge >= 0.3 is 11.0 Å². The van der Waals surface area contributed by atoms with E-state index in [-0.39, 0.29) is 22.2 Å². The van der Waals surface area contributed by atoms with Crippen molar-refractivity contribution in [3.63, 3.8) is 0 Å². The second-order valence-corrected chi connectivity index (χ2v) is 14.2. The number of nitrogens with zero attached hydrogens (tertiary/aromatic N) is 1. The summed E-state index contributed by atoms with van der Waals surface area (Å²) in [4.78, 5) is 29.7. The van der Waals surface area contributed by atoms with E-state index in [9.17, 15) is 18.4 Å². The molecule has 7 nitrogen and oxygen atoms in total. The van der Waals surface area contributed by atoms with Gasteiger partial charge in [-0.3, -0.25) is 10.1 Å². The van der Waals surface area contributed by atoms with Crippen molar-refractivity contribution >= 4 is 44.9 Å². The molecular formula is C37H45ClF2N4O3S.